The Morgan fingerprint density at radius 3 is 2.59 bits per heavy atom. The number of nitrogens with one attached hydrogen (secondary N) is 1. The van der Waals surface area contributed by atoms with E-state index in [4.69, 9.17) is 21.8 Å². The van der Waals surface area contributed by atoms with Crippen molar-refractivity contribution in [2.75, 3.05) is 0 Å². The molecule has 136 valence electrons. The molecule has 6 heteroatoms. The molecule has 0 aliphatic carbocycles. The lowest BCUT2D eigenvalue weighted by molar-refractivity contribution is 0.577. The van der Waals surface area contributed by atoms with Gasteiger partial charge in [0, 0.05) is 28.6 Å². The molecule has 0 bridgehead atoms. The van der Waals surface area contributed by atoms with E-state index < -0.39 is 0 Å². The van der Waals surface area contributed by atoms with Crippen LogP contribution in [0.3, 0.4) is 0 Å². The third kappa shape index (κ3) is 4.63. The number of hydrogen-bond acceptors (Lipinski definition) is 4. The summed E-state index contributed by atoms with van der Waals surface area (Å²) >= 11 is 7.85. The molecule has 0 unspecified atom stereocenters. The Balaban J connectivity index is 1.56. The standard InChI is InChI=1S/C21H19ClN4S/c22-18-9-4-6-16(12-18)15-26-24-20(14-23-13-19-10-5-11-27-19)21(25-26)17-7-2-1-3-8-17/h1-12,23H,13-15H2. The molecule has 0 saturated heterocycles. The molecule has 2 aromatic heterocycles. The van der Waals surface area contributed by atoms with Crippen LogP contribution in [-0.2, 0) is 19.6 Å². The van der Waals surface area contributed by atoms with Crippen LogP contribution < -0.4 is 5.32 Å². The monoisotopic (exact) mass is 394 g/mol. The summed E-state index contributed by atoms with van der Waals surface area (Å²) in [5.41, 5.74) is 4.01. The molecule has 4 rings (SSSR count). The first-order chi connectivity index (χ1) is 13.3. The summed E-state index contributed by atoms with van der Waals surface area (Å²) < 4.78 is 0. The first kappa shape index (κ1) is 17.9. The van der Waals surface area contributed by atoms with Gasteiger partial charge in [0.2, 0.25) is 0 Å². The van der Waals surface area contributed by atoms with Crippen LogP contribution in [0.2, 0.25) is 5.02 Å². The maximum atomic E-state index is 6.10. The zero-order chi connectivity index (χ0) is 18.5. The van der Waals surface area contributed by atoms with Crippen LogP contribution in [-0.4, -0.2) is 15.0 Å². The molecule has 1 N–H and O–H groups in total. The van der Waals surface area contributed by atoms with Crippen molar-refractivity contribution in [2.45, 2.75) is 19.6 Å². The number of benzene rings is 2. The number of nitrogens with zero attached hydrogens (tertiary/aromatic N) is 3. The first-order valence-corrected chi connectivity index (χ1v) is 10.0. The maximum Gasteiger partial charge on any atom is 0.117 e. The summed E-state index contributed by atoms with van der Waals surface area (Å²) in [7, 11) is 0. The highest BCUT2D eigenvalue weighted by molar-refractivity contribution is 7.09. The predicted molar refractivity (Wildman–Crippen MR) is 111 cm³/mol. The quantitative estimate of drug-likeness (QED) is 0.479. The average molecular weight is 395 g/mol. The van der Waals surface area contributed by atoms with Crippen LogP contribution in [0, 0.1) is 0 Å². The van der Waals surface area contributed by atoms with Crippen molar-refractivity contribution in [3.8, 4) is 11.3 Å². The van der Waals surface area contributed by atoms with E-state index in [1.807, 2.05) is 42.5 Å². The molecule has 0 aliphatic heterocycles. The molecule has 0 fully saturated rings. The Hall–Kier alpha value is -2.47. The van der Waals surface area contributed by atoms with Gasteiger partial charge in [-0.3, -0.25) is 0 Å². The Labute approximate surface area is 167 Å². The van der Waals surface area contributed by atoms with Crippen LogP contribution in [0.5, 0.6) is 0 Å². The second-order valence-electron chi connectivity index (χ2n) is 6.20. The van der Waals surface area contributed by atoms with Gasteiger partial charge in [0.15, 0.2) is 0 Å². The molecule has 0 atom stereocenters. The van der Waals surface area contributed by atoms with E-state index in [0.29, 0.717) is 13.1 Å². The lowest BCUT2D eigenvalue weighted by Gasteiger charge is -2.02. The molecule has 4 nitrogen and oxygen atoms in total. The Morgan fingerprint density at radius 1 is 0.926 bits per heavy atom. The number of rotatable bonds is 7. The van der Waals surface area contributed by atoms with Gasteiger partial charge in [0.1, 0.15) is 11.4 Å². The van der Waals surface area contributed by atoms with E-state index in [1.54, 1.807) is 16.1 Å². The van der Waals surface area contributed by atoms with Gasteiger partial charge in [-0.15, -0.1) is 11.3 Å². The van der Waals surface area contributed by atoms with Gasteiger partial charge in [-0.2, -0.15) is 15.0 Å². The summed E-state index contributed by atoms with van der Waals surface area (Å²) in [6, 6.07) is 22.2. The van der Waals surface area contributed by atoms with Gasteiger partial charge in [-0.25, -0.2) is 0 Å². The van der Waals surface area contributed by atoms with E-state index in [9.17, 15) is 0 Å². The molecule has 0 spiro atoms. The predicted octanol–water partition coefficient (Wildman–Crippen LogP) is 5.00. The summed E-state index contributed by atoms with van der Waals surface area (Å²) in [6.07, 6.45) is 0. The molecular formula is C21H19ClN4S. The summed E-state index contributed by atoms with van der Waals surface area (Å²) in [4.78, 5) is 3.05. The van der Waals surface area contributed by atoms with E-state index in [-0.39, 0.29) is 0 Å². The molecule has 4 aromatic rings. The van der Waals surface area contributed by atoms with Gasteiger partial charge in [-0.1, -0.05) is 60.1 Å². The minimum Gasteiger partial charge on any atom is -0.306 e. The molecule has 2 aromatic carbocycles. The van der Waals surface area contributed by atoms with Crippen LogP contribution in [0.25, 0.3) is 11.3 Å². The van der Waals surface area contributed by atoms with Crippen LogP contribution in [0.4, 0.5) is 0 Å². The normalized spacial score (nSPS) is 11.0. The Kier molecular flexibility index (Phi) is 5.63. The zero-order valence-electron chi connectivity index (χ0n) is 14.7. The summed E-state index contributed by atoms with van der Waals surface area (Å²) in [6.45, 7) is 2.08. The maximum absolute atomic E-state index is 6.10. The summed E-state index contributed by atoms with van der Waals surface area (Å²) in [5.74, 6) is 0. The van der Waals surface area contributed by atoms with Gasteiger partial charge < -0.3 is 5.32 Å². The van der Waals surface area contributed by atoms with Crippen molar-refractivity contribution in [2.24, 2.45) is 0 Å². The minimum atomic E-state index is 0.589. The van der Waals surface area contributed by atoms with Crippen molar-refractivity contribution in [1.82, 2.24) is 20.3 Å². The molecule has 0 radical (unpaired) electrons. The van der Waals surface area contributed by atoms with Gasteiger partial charge >= 0.3 is 0 Å². The van der Waals surface area contributed by atoms with E-state index in [2.05, 4.69) is 35.0 Å². The third-order valence-corrected chi connectivity index (χ3v) is 5.27. The second-order valence-corrected chi connectivity index (χ2v) is 7.67. The average Bonchev–Trinajstić information content (AvgIpc) is 3.33. The topological polar surface area (TPSA) is 42.7 Å². The van der Waals surface area contributed by atoms with Crippen molar-refractivity contribution >= 4 is 22.9 Å². The number of hydrogen-bond donors (Lipinski definition) is 1. The van der Waals surface area contributed by atoms with Crippen LogP contribution in [0.15, 0.2) is 72.1 Å². The van der Waals surface area contributed by atoms with E-state index >= 15 is 0 Å². The number of thiophene rings is 1. The van der Waals surface area contributed by atoms with E-state index in [0.717, 1.165) is 34.1 Å². The van der Waals surface area contributed by atoms with Crippen LogP contribution >= 0.6 is 22.9 Å². The fourth-order valence-electron chi connectivity index (χ4n) is 2.91. The first-order valence-electron chi connectivity index (χ1n) is 8.75. The highest BCUT2D eigenvalue weighted by Gasteiger charge is 2.13. The lowest BCUT2D eigenvalue weighted by Crippen LogP contribution is -2.13. The Bertz CT molecular complexity index is 996. The van der Waals surface area contributed by atoms with Crippen molar-refractivity contribution in [3.63, 3.8) is 0 Å². The van der Waals surface area contributed by atoms with Gasteiger partial charge in [-0.05, 0) is 29.1 Å². The largest absolute Gasteiger partial charge is 0.306 e. The molecule has 27 heavy (non-hydrogen) atoms. The fourth-order valence-corrected chi connectivity index (χ4v) is 3.80. The molecular weight excluding hydrogens is 376 g/mol. The minimum absolute atomic E-state index is 0.589. The van der Waals surface area contributed by atoms with Crippen molar-refractivity contribution < 1.29 is 0 Å². The highest BCUT2D eigenvalue weighted by Crippen LogP contribution is 2.21. The lowest BCUT2D eigenvalue weighted by atomic mass is 10.1. The molecule has 0 aliphatic rings. The summed E-state index contributed by atoms with van der Waals surface area (Å²) in [5, 5.41) is 15.8. The van der Waals surface area contributed by atoms with Gasteiger partial charge in [0.25, 0.3) is 0 Å². The zero-order valence-corrected chi connectivity index (χ0v) is 16.2. The third-order valence-electron chi connectivity index (χ3n) is 4.16. The molecule has 0 amide bonds. The van der Waals surface area contributed by atoms with Gasteiger partial charge in [0.05, 0.1) is 6.54 Å². The van der Waals surface area contributed by atoms with Crippen molar-refractivity contribution in [3.05, 3.63) is 93.3 Å². The van der Waals surface area contributed by atoms with E-state index in [1.165, 1.54) is 4.88 Å². The second kappa shape index (κ2) is 8.48. The number of halogens is 1. The Morgan fingerprint density at radius 2 is 1.81 bits per heavy atom. The smallest absolute Gasteiger partial charge is 0.117 e. The molecule has 0 saturated carbocycles. The highest BCUT2D eigenvalue weighted by atomic mass is 35.5. The van der Waals surface area contributed by atoms with Crippen LogP contribution in [0.1, 0.15) is 16.1 Å². The fraction of sp³-hybridized carbons (Fsp3) is 0.143. The SMILES string of the molecule is Clc1cccc(Cn2nc(CNCc3cccs3)c(-c3ccccc3)n2)c1. The molecule has 2 heterocycles. The number of aromatic nitrogens is 3. The van der Waals surface area contributed by atoms with Crippen molar-refractivity contribution in [1.29, 1.82) is 0 Å².